The van der Waals surface area contributed by atoms with Crippen molar-refractivity contribution in [1.82, 2.24) is 10.3 Å². The van der Waals surface area contributed by atoms with E-state index in [1.54, 1.807) is 6.92 Å². The van der Waals surface area contributed by atoms with Crippen LogP contribution in [0, 0.1) is 24.2 Å². The van der Waals surface area contributed by atoms with Gasteiger partial charge in [-0.15, -0.1) is 11.3 Å². The van der Waals surface area contributed by atoms with Crippen LogP contribution in [0.1, 0.15) is 26.3 Å². The lowest BCUT2D eigenvalue weighted by Crippen LogP contribution is -2.49. The van der Waals surface area contributed by atoms with Gasteiger partial charge in [-0.25, -0.2) is 4.98 Å². The average Bonchev–Trinajstić information content (AvgIpc) is 3.02. The molecular formula is C18H21N3OS2. The number of thiazole rings is 1. The largest absolute Gasteiger partial charge is 0.337 e. The molecule has 2 rings (SSSR count). The summed E-state index contributed by atoms with van der Waals surface area (Å²) in [5.74, 6) is 0.152. The quantitative estimate of drug-likeness (QED) is 0.783. The molecule has 0 fully saturated rings. The molecule has 1 aromatic heterocycles. The number of hydrogen-bond acceptors (Lipinski definition) is 5. The molecule has 1 aromatic carbocycles. The zero-order chi connectivity index (χ0) is 17.7. The average molecular weight is 360 g/mol. The molecule has 0 aliphatic carbocycles. The molecule has 1 heterocycles. The van der Waals surface area contributed by atoms with E-state index in [-0.39, 0.29) is 17.6 Å². The van der Waals surface area contributed by atoms with Crippen molar-refractivity contribution in [3.8, 4) is 17.3 Å². The van der Waals surface area contributed by atoms with Crippen LogP contribution in [0.25, 0.3) is 11.3 Å². The van der Waals surface area contributed by atoms with Crippen molar-refractivity contribution >= 4 is 29.0 Å². The number of amides is 1. The second kappa shape index (κ2) is 7.82. The van der Waals surface area contributed by atoms with E-state index in [9.17, 15) is 10.1 Å². The van der Waals surface area contributed by atoms with Crippen LogP contribution < -0.4 is 5.32 Å². The molecule has 0 aliphatic heterocycles. The number of nitrogens with one attached hydrogen (secondary N) is 1. The molecular weight excluding hydrogens is 338 g/mol. The molecule has 0 saturated carbocycles. The van der Waals surface area contributed by atoms with Gasteiger partial charge in [-0.2, -0.15) is 5.26 Å². The van der Waals surface area contributed by atoms with E-state index < -0.39 is 5.54 Å². The fraction of sp³-hybridized carbons (Fsp3) is 0.389. The highest BCUT2D eigenvalue weighted by Crippen LogP contribution is 2.28. The number of rotatable bonds is 6. The predicted molar refractivity (Wildman–Crippen MR) is 100 cm³/mol. The van der Waals surface area contributed by atoms with E-state index in [1.807, 2.05) is 31.4 Å². The van der Waals surface area contributed by atoms with Gasteiger partial charge in [0.15, 0.2) is 4.34 Å². The molecule has 6 heteroatoms. The zero-order valence-corrected chi connectivity index (χ0v) is 15.9. The topological polar surface area (TPSA) is 65.8 Å². The van der Waals surface area contributed by atoms with Gasteiger partial charge in [0.05, 0.1) is 17.5 Å². The molecule has 0 saturated heterocycles. The summed E-state index contributed by atoms with van der Waals surface area (Å²) in [6, 6.07) is 10.4. The minimum absolute atomic E-state index is 0.0458. The van der Waals surface area contributed by atoms with Gasteiger partial charge in [-0.05, 0) is 19.8 Å². The Morgan fingerprint density at radius 3 is 2.67 bits per heavy atom. The lowest BCUT2D eigenvalue weighted by Gasteiger charge is -2.27. The number of thioether (sulfide) groups is 1. The molecule has 1 N–H and O–H groups in total. The number of carbonyl (C=O) groups is 1. The van der Waals surface area contributed by atoms with Gasteiger partial charge in [-0.3, -0.25) is 4.79 Å². The van der Waals surface area contributed by atoms with Gasteiger partial charge < -0.3 is 5.32 Å². The van der Waals surface area contributed by atoms with Crippen molar-refractivity contribution in [2.75, 3.05) is 5.75 Å². The van der Waals surface area contributed by atoms with Gasteiger partial charge >= 0.3 is 0 Å². The van der Waals surface area contributed by atoms with Crippen LogP contribution in [0.3, 0.4) is 0 Å². The summed E-state index contributed by atoms with van der Waals surface area (Å²) in [7, 11) is 0. The normalized spacial score (nSPS) is 13.3. The Morgan fingerprint density at radius 1 is 1.42 bits per heavy atom. The van der Waals surface area contributed by atoms with Crippen LogP contribution in [0.2, 0.25) is 0 Å². The second-order valence-electron chi connectivity index (χ2n) is 6.17. The van der Waals surface area contributed by atoms with Crippen molar-refractivity contribution < 1.29 is 4.79 Å². The highest BCUT2D eigenvalue weighted by atomic mass is 32.2. The van der Waals surface area contributed by atoms with Crippen molar-refractivity contribution in [3.05, 3.63) is 35.2 Å². The molecule has 4 nitrogen and oxygen atoms in total. The van der Waals surface area contributed by atoms with Crippen LogP contribution in [0.4, 0.5) is 0 Å². The summed E-state index contributed by atoms with van der Waals surface area (Å²) in [6.07, 6.45) is 0. The first-order chi connectivity index (χ1) is 11.3. The number of aromatic nitrogens is 1. The molecule has 126 valence electrons. The standard InChI is InChI=1S/C18H21N3OS2/c1-12(2)18(4,11-19)21-16(22)10-24-17-20-15(9-23-17)14-7-5-13(3)6-8-14/h5-9,12H,10H2,1-4H3,(H,21,22)/t18-/m1/s1. The van der Waals surface area contributed by atoms with Crippen molar-refractivity contribution in [3.63, 3.8) is 0 Å². The number of carbonyl (C=O) groups excluding carboxylic acids is 1. The Labute approximate surface area is 151 Å². The molecule has 0 unspecified atom stereocenters. The van der Waals surface area contributed by atoms with Crippen molar-refractivity contribution in [2.24, 2.45) is 5.92 Å². The van der Waals surface area contributed by atoms with E-state index in [2.05, 4.69) is 35.4 Å². The van der Waals surface area contributed by atoms with Crippen LogP contribution in [-0.4, -0.2) is 22.2 Å². The summed E-state index contributed by atoms with van der Waals surface area (Å²) in [5, 5.41) is 14.1. The SMILES string of the molecule is Cc1ccc(-c2csc(SCC(=O)N[C@](C)(C#N)C(C)C)n2)cc1. The highest BCUT2D eigenvalue weighted by Gasteiger charge is 2.29. The molecule has 0 radical (unpaired) electrons. The predicted octanol–water partition coefficient (Wildman–Crippen LogP) is 4.27. The lowest BCUT2D eigenvalue weighted by molar-refractivity contribution is -0.120. The van der Waals surface area contributed by atoms with Gasteiger partial charge in [0.1, 0.15) is 5.54 Å². The van der Waals surface area contributed by atoms with Gasteiger partial charge in [0.25, 0.3) is 0 Å². The number of hydrogen-bond donors (Lipinski definition) is 1. The van der Waals surface area contributed by atoms with E-state index in [0.29, 0.717) is 0 Å². The molecule has 0 aliphatic rings. The third-order valence-electron chi connectivity index (χ3n) is 3.94. The fourth-order valence-electron chi connectivity index (χ4n) is 1.93. The summed E-state index contributed by atoms with van der Waals surface area (Å²) in [4.78, 5) is 16.7. The van der Waals surface area contributed by atoms with Crippen LogP contribution >= 0.6 is 23.1 Å². The van der Waals surface area contributed by atoms with E-state index in [0.717, 1.165) is 15.6 Å². The van der Waals surface area contributed by atoms with Crippen molar-refractivity contribution in [2.45, 2.75) is 37.6 Å². The summed E-state index contributed by atoms with van der Waals surface area (Å²) >= 11 is 2.92. The first-order valence-corrected chi connectivity index (χ1v) is 9.58. The minimum Gasteiger partial charge on any atom is -0.337 e. The van der Waals surface area contributed by atoms with Gasteiger partial charge in [0.2, 0.25) is 5.91 Å². The number of nitriles is 1. The second-order valence-corrected chi connectivity index (χ2v) is 8.25. The molecule has 0 spiro atoms. The highest BCUT2D eigenvalue weighted by molar-refractivity contribution is 8.01. The molecule has 1 amide bonds. The number of aryl methyl sites for hydroxylation is 1. The van der Waals surface area contributed by atoms with E-state index in [4.69, 9.17) is 0 Å². The molecule has 24 heavy (non-hydrogen) atoms. The van der Waals surface area contributed by atoms with Gasteiger partial charge in [-0.1, -0.05) is 55.4 Å². The van der Waals surface area contributed by atoms with Crippen LogP contribution in [-0.2, 0) is 4.79 Å². The number of benzene rings is 1. The van der Waals surface area contributed by atoms with Gasteiger partial charge in [0, 0.05) is 10.9 Å². The smallest absolute Gasteiger partial charge is 0.231 e. The third kappa shape index (κ3) is 4.59. The zero-order valence-electron chi connectivity index (χ0n) is 14.3. The minimum atomic E-state index is -0.840. The molecule has 0 bridgehead atoms. The van der Waals surface area contributed by atoms with Crippen LogP contribution in [0.15, 0.2) is 34.0 Å². The Balaban J connectivity index is 1.95. The first kappa shape index (κ1) is 18.5. The first-order valence-electron chi connectivity index (χ1n) is 7.71. The molecule has 2 aromatic rings. The van der Waals surface area contributed by atoms with E-state index in [1.165, 1.54) is 28.7 Å². The summed E-state index contributed by atoms with van der Waals surface area (Å²) in [6.45, 7) is 7.65. The maximum atomic E-state index is 12.1. The third-order valence-corrected chi connectivity index (χ3v) is 5.96. The van der Waals surface area contributed by atoms with Crippen molar-refractivity contribution in [1.29, 1.82) is 5.26 Å². The lowest BCUT2D eigenvalue weighted by atomic mass is 9.90. The van der Waals surface area contributed by atoms with Crippen LogP contribution in [0.5, 0.6) is 0 Å². The Hall–Kier alpha value is -1.84. The maximum Gasteiger partial charge on any atom is 0.231 e. The monoisotopic (exact) mass is 359 g/mol. The summed E-state index contributed by atoms with van der Waals surface area (Å²) < 4.78 is 0.851. The number of nitrogens with zero attached hydrogens (tertiary/aromatic N) is 2. The molecule has 1 atom stereocenters. The maximum absolute atomic E-state index is 12.1. The Bertz CT molecular complexity index is 746. The Kier molecular flexibility index (Phi) is 6.03. The Morgan fingerprint density at radius 2 is 2.08 bits per heavy atom. The fourth-order valence-corrected chi connectivity index (χ4v) is 3.57. The summed E-state index contributed by atoms with van der Waals surface area (Å²) in [5.41, 5.74) is 2.37. The van der Waals surface area contributed by atoms with E-state index >= 15 is 0 Å².